The zero-order valence-corrected chi connectivity index (χ0v) is 15.7. The van der Waals surface area contributed by atoms with Crippen molar-refractivity contribution in [1.29, 1.82) is 0 Å². The van der Waals surface area contributed by atoms with Gasteiger partial charge in [0.2, 0.25) is 12.4 Å². The largest absolute Gasteiger partial charge is 0.455 e. The molecule has 2 heterocycles. The molecule has 1 aromatic carbocycles. The molecule has 0 spiro atoms. The monoisotopic (exact) mass is 394 g/mol. The molecule has 9 heteroatoms. The summed E-state index contributed by atoms with van der Waals surface area (Å²) in [4.78, 5) is 34.8. The molecule has 6 atom stereocenters. The topological polar surface area (TPSA) is 107 Å². The molecule has 3 rings (SSSR count). The predicted molar refractivity (Wildman–Crippen MR) is 91.5 cm³/mol. The molecular formula is C19H22O9. The lowest BCUT2D eigenvalue weighted by Crippen LogP contribution is -2.64. The second-order valence-corrected chi connectivity index (χ2v) is 6.48. The van der Waals surface area contributed by atoms with Gasteiger partial charge in [0.25, 0.3) is 0 Å². The van der Waals surface area contributed by atoms with Crippen molar-refractivity contribution in [2.45, 2.75) is 57.8 Å². The number of esters is 3. The van der Waals surface area contributed by atoms with Gasteiger partial charge in [0.05, 0.1) is 6.61 Å². The normalized spacial score (nSPS) is 32.0. The quantitative estimate of drug-likeness (QED) is 0.551. The molecular weight excluding hydrogens is 372 g/mol. The lowest BCUT2D eigenvalue weighted by Gasteiger charge is -2.47. The number of ether oxygens (including phenoxy) is 6. The highest BCUT2D eigenvalue weighted by Gasteiger charge is 2.54. The van der Waals surface area contributed by atoms with Crippen LogP contribution in [0.2, 0.25) is 0 Å². The van der Waals surface area contributed by atoms with Gasteiger partial charge in [0.1, 0.15) is 12.2 Å². The maximum absolute atomic E-state index is 11.7. The Morgan fingerprint density at radius 3 is 2.07 bits per heavy atom. The summed E-state index contributed by atoms with van der Waals surface area (Å²) in [5.41, 5.74) is 0.772. The Morgan fingerprint density at radius 2 is 1.46 bits per heavy atom. The summed E-state index contributed by atoms with van der Waals surface area (Å²) in [5.74, 6) is -1.88. The molecule has 2 fully saturated rings. The van der Waals surface area contributed by atoms with Gasteiger partial charge in [-0.3, -0.25) is 14.4 Å². The van der Waals surface area contributed by atoms with Crippen molar-refractivity contribution in [3.63, 3.8) is 0 Å². The minimum absolute atomic E-state index is 0.104. The number of benzene rings is 1. The van der Waals surface area contributed by atoms with Crippen LogP contribution in [0, 0.1) is 0 Å². The molecule has 0 aliphatic carbocycles. The Kier molecular flexibility index (Phi) is 6.28. The second-order valence-electron chi connectivity index (χ2n) is 6.48. The van der Waals surface area contributed by atoms with Gasteiger partial charge in [-0.05, 0) is 0 Å². The van der Waals surface area contributed by atoms with Crippen molar-refractivity contribution in [3.05, 3.63) is 35.9 Å². The maximum Gasteiger partial charge on any atom is 0.305 e. The molecule has 28 heavy (non-hydrogen) atoms. The predicted octanol–water partition coefficient (Wildman–Crippen LogP) is 1.25. The van der Waals surface area contributed by atoms with Crippen molar-refractivity contribution in [2.75, 3.05) is 6.61 Å². The Hall–Kier alpha value is -2.49. The minimum atomic E-state index is -1.26. The molecule has 2 aliphatic rings. The molecule has 2 aliphatic heterocycles. The second kappa shape index (κ2) is 8.68. The summed E-state index contributed by atoms with van der Waals surface area (Å²) in [6, 6.07) is 9.21. The first-order valence-electron chi connectivity index (χ1n) is 8.84. The van der Waals surface area contributed by atoms with Gasteiger partial charge in [-0.1, -0.05) is 30.3 Å². The first-order valence-corrected chi connectivity index (χ1v) is 8.84. The summed E-state index contributed by atoms with van der Waals surface area (Å²) < 4.78 is 33.3. The van der Waals surface area contributed by atoms with Gasteiger partial charge in [-0.15, -0.1) is 0 Å². The van der Waals surface area contributed by atoms with E-state index < -0.39 is 54.9 Å². The van der Waals surface area contributed by atoms with Crippen LogP contribution in [0.1, 0.15) is 32.6 Å². The van der Waals surface area contributed by atoms with E-state index in [-0.39, 0.29) is 6.61 Å². The fourth-order valence-electron chi connectivity index (χ4n) is 3.23. The average Bonchev–Trinajstić information content (AvgIpc) is 2.64. The summed E-state index contributed by atoms with van der Waals surface area (Å²) >= 11 is 0. The minimum Gasteiger partial charge on any atom is -0.455 e. The zero-order valence-electron chi connectivity index (χ0n) is 15.7. The van der Waals surface area contributed by atoms with E-state index in [9.17, 15) is 14.4 Å². The third-order valence-electron chi connectivity index (χ3n) is 4.24. The van der Waals surface area contributed by atoms with Crippen molar-refractivity contribution in [3.8, 4) is 0 Å². The van der Waals surface area contributed by atoms with E-state index in [1.807, 2.05) is 30.3 Å². The highest BCUT2D eigenvalue weighted by molar-refractivity contribution is 5.68. The van der Waals surface area contributed by atoms with Crippen molar-refractivity contribution in [2.24, 2.45) is 0 Å². The molecule has 9 nitrogen and oxygen atoms in total. The van der Waals surface area contributed by atoms with Crippen LogP contribution in [0.25, 0.3) is 0 Å². The molecule has 4 unspecified atom stereocenters. The van der Waals surface area contributed by atoms with Crippen molar-refractivity contribution >= 4 is 17.9 Å². The number of fused-ring (bicyclic) bond motifs is 1. The van der Waals surface area contributed by atoms with E-state index >= 15 is 0 Å². The molecule has 0 aromatic heterocycles. The van der Waals surface area contributed by atoms with E-state index in [2.05, 4.69) is 0 Å². The van der Waals surface area contributed by atoms with Crippen molar-refractivity contribution in [1.82, 2.24) is 0 Å². The number of hydrogen-bond acceptors (Lipinski definition) is 9. The average molecular weight is 394 g/mol. The molecule has 0 N–H and O–H groups in total. The van der Waals surface area contributed by atoms with E-state index in [4.69, 9.17) is 28.4 Å². The van der Waals surface area contributed by atoms with E-state index in [1.54, 1.807) is 0 Å². The van der Waals surface area contributed by atoms with Crippen LogP contribution in [0.3, 0.4) is 0 Å². The molecule has 1 aromatic rings. The standard InChI is InChI=1S/C19H22O9/c1-10(20)24-16-15-14(9-23-18(28-15)13-7-5-4-6-8-13)27-19(26-12(3)22)17(16)25-11(2)21/h4-8,14-19H,9H2,1-3H3/t14?,15-,16?,17?,18?,19-/m0/s1. The van der Waals surface area contributed by atoms with Crippen LogP contribution in [0.4, 0.5) is 0 Å². The summed E-state index contributed by atoms with van der Waals surface area (Å²) in [6.07, 6.45) is -5.68. The molecule has 152 valence electrons. The first kappa shape index (κ1) is 20.2. The lowest BCUT2D eigenvalue weighted by molar-refractivity contribution is -0.356. The van der Waals surface area contributed by atoms with Crippen LogP contribution < -0.4 is 0 Å². The lowest BCUT2D eigenvalue weighted by atomic mass is 9.97. The number of carbonyl (C=O) groups excluding carboxylic acids is 3. The number of rotatable bonds is 4. The Balaban J connectivity index is 1.88. The fraction of sp³-hybridized carbons (Fsp3) is 0.526. The van der Waals surface area contributed by atoms with Gasteiger partial charge in [-0.25, -0.2) is 0 Å². The number of carbonyl (C=O) groups is 3. The number of hydrogen-bond donors (Lipinski definition) is 0. The van der Waals surface area contributed by atoms with Crippen LogP contribution >= 0.6 is 0 Å². The molecule has 0 saturated carbocycles. The van der Waals surface area contributed by atoms with Crippen LogP contribution in [0.5, 0.6) is 0 Å². The van der Waals surface area contributed by atoms with Crippen LogP contribution in [-0.2, 0) is 42.8 Å². The smallest absolute Gasteiger partial charge is 0.305 e. The summed E-state index contributed by atoms with van der Waals surface area (Å²) in [6.45, 7) is 3.72. The van der Waals surface area contributed by atoms with E-state index in [0.29, 0.717) is 0 Å². The van der Waals surface area contributed by atoms with Gasteiger partial charge >= 0.3 is 17.9 Å². The summed E-state index contributed by atoms with van der Waals surface area (Å²) in [5, 5.41) is 0. The highest BCUT2D eigenvalue weighted by atomic mass is 16.8. The Morgan fingerprint density at radius 1 is 0.857 bits per heavy atom. The van der Waals surface area contributed by atoms with E-state index in [1.165, 1.54) is 20.8 Å². The first-order chi connectivity index (χ1) is 13.3. The van der Waals surface area contributed by atoms with Gasteiger partial charge in [0, 0.05) is 26.3 Å². The van der Waals surface area contributed by atoms with Gasteiger partial charge in [0.15, 0.2) is 12.4 Å². The van der Waals surface area contributed by atoms with Crippen molar-refractivity contribution < 1.29 is 42.8 Å². The Labute approximate surface area is 161 Å². The maximum atomic E-state index is 11.7. The third kappa shape index (κ3) is 4.67. The third-order valence-corrected chi connectivity index (χ3v) is 4.24. The molecule has 0 bridgehead atoms. The van der Waals surface area contributed by atoms with E-state index in [0.717, 1.165) is 5.56 Å². The zero-order chi connectivity index (χ0) is 20.3. The molecule has 0 amide bonds. The summed E-state index contributed by atoms with van der Waals surface area (Å²) in [7, 11) is 0. The van der Waals surface area contributed by atoms with Crippen LogP contribution in [-0.4, -0.2) is 55.2 Å². The van der Waals surface area contributed by atoms with Crippen LogP contribution in [0.15, 0.2) is 30.3 Å². The Bertz CT molecular complexity index is 719. The molecule has 0 radical (unpaired) electrons. The highest BCUT2D eigenvalue weighted by Crippen LogP contribution is 2.36. The molecule has 2 saturated heterocycles. The fourth-order valence-corrected chi connectivity index (χ4v) is 3.23. The SMILES string of the molecule is CC(=O)OC1C(OC(C)=O)[C@H]2OC(c3ccccc3)OCC2O[C@@H]1OC(C)=O. The van der Waals surface area contributed by atoms with Gasteiger partial charge in [-0.2, -0.15) is 0 Å². The van der Waals surface area contributed by atoms with Gasteiger partial charge < -0.3 is 28.4 Å².